The summed E-state index contributed by atoms with van der Waals surface area (Å²) in [5.41, 5.74) is 6.99. The zero-order valence-electron chi connectivity index (χ0n) is 11.2. The van der Waals surface area contributed by atoms with Crippen molar-refractivity contribution in [2.24, 2.45) is 11.7 Å². The highest BCUT2D eigenvalue weighted by Crippen LogP contribution is 2.27. The number of hydrogen-bond acceptors (Lipinski definition) is 2. The quantitative estimate of drug-likeness (QED) is 0.886. The Hall–Kier alpha value is -1.35. The van der Waals surface area contributed by atoms with Crippen LogP contribution >= 0.6 is 0 Å². The molecule has 18 heavy (non-hydrogen) atoms. The van der Waals surface area contributed by atoms with Crippen LogP contribution in [0.25, 0.3) is 0 Å². The van der Waals surface area contributed by atoms with Crippen molar-refractivity contribution >= 4 is 5.91 Å². The Morgan fingerprint density at radius 1 is 1.33 bits per heavy atom. The fourth-order valence-electron chi connectivity index (χ4n) is 2.66. The van der Waals surface area contributed by atoms with Crippen molar-refractivity contribution in [1.82, 2.24) is 4.90 Å². The highest BCUT2D eigenvalue weighted by molar-refractivity contribution is 5.84. The van der Waals surface area contributed by atoms with Gasteiger partial charge >= 0.3 is 0 Å². The van der Waals surface area contributed by atoms with Gasteiger partial charge in [0.25, 0.3) is 0 Å². The minimum absolute atomic E-state index is 0.0449. The highest BCUT2D eigenvalue weighted by atomic mass is 16.2. The lowest BCUT2D eigenvalue weighted by molar-refractivity contribution is -0.132. The number of carbonyl (C=O) groups is 1. The van der Waals surface area contributed by atoms with Gasteiger partial charge in [0, 0.05) is 19.1 Å². The third-order valence-electron chi connectivity index (χ3n) is 3.63. The molecule has 98 valence electrons. The molecule has 1 aliphatic heterocycles. The zero-order valence-corrected chi connectivity index (χ0v) is 11.2. The number of benzene rings is 1. The van der Waals surface area contributed by atoms with Crippen LogP contribution in [0.1, 0.15) is 31.7 Å². The van der Waals surface area contributed by atoms with E-state index in [9.17, 15) is 4.79 Å². The van der Waals surface area contributed by atoms with E-state index in [1.165, 1.54) is 0 Å². The third-order valence-corrected chi connectivity index (χ3v) is 3.63. The van der Waals surface area contributed by atoms with Gasteiger partial charge in [0.1, 0.15) is 0 Å². The monoisotopic (exact) mass is 246 g/mol. The molecular formula is C15H22N2O. The molecule has 2 atom stereocenters. The Bertz CT molecular complexity index is 402. The van der Waals surface area contributed by atoms with Gasteiger partial charge < -0.3 is 10.6 Å². The number of nitrogens with two attached hydrogens (primary N) is 1. The second-order valence-electron chi connectivity index (χ2n) is 5.47. The first-order valence-corrected chi connectivity index (χ1v) is 6.69. The number of rotatable bonds is 3. The van der Waals surface area contributed by atoms with Gasteiger partial charge in [0.2, 0.25) is 5.91 Å². The molecule has 1 fully saturated rings. The Morgan fingerprint density at radius 3 is 2.50 bits per heavy atom. The molecule has 0 radical (unpaired) electrons. The van der Waals surface area contributed by atoms with Gasteiger partial charge in [-0.2, -0.15) is 0 Å². The Kier molecular flexibility index (Phi) is 4.02. The first-order chi connectivity index (χ1) is 8.59. The number of carbonyl (C=O) groups excluding carboxylic acids is 1. The van der Waals surface area contributed by atoms with E-state index in [0.29, 0.717) is 12.5 Å². The Labute approximate surface area is 109 Å². The standard InChI is InChI=1S/C15H22N2O/c1-11(2)14(12-6-4-3-5-7-12)15(18)17-9-8-13(16)10-17/h3-7,11,13-14H,8-10,16H2,1-2H3/t13-,14?/m1/s1. The summed E-state index contributed by atoms with van der Waals surface area (Å²) in [6.07, 6.45) is 0.922. The molecule has 1 aromatic rings. The molecule has 0 aromatic heterocycles. The maximum Gasteiger partial charge on any atom is 0.230 e. The van der Waals surface area contributed by atoms with Crippen molar-refractivity contribution in [3.63, 3.8) is 0 Å². The molecule has 3 nitrogen and oxygen atoms in total. The first-order valence-electron chi connectivity index (χ1n) is 6.69. The van der Waals surface area contributed by atoms with Crippen LogP contribution in [0.2, 0.25) is 0 Å². The summed E-state index contributed by atoms with van der Waals surface area (Å²) in [5.74, 6) is 0.484. The Morgan fingerprint density at radius 2 is 2.00 bits per heavy atom. The molecule has 3 heteroatoms. The number of hydrogen-bond donors (Lipinski definition) is 1. The summed E-state index contributed by atoms with van der Waals surface area (Å²) in [6.45, 7) is 5.71. The number of nitrogens with zero attached hydrogens (tertiary/aromatic N) is 1. The van der Waals surface area contributed by atoms with Crippen LogP contribution in [0.15, 0.2) is 30.3 Å². The number of amides is 1. The highest BCUT2D eigenvalue weighted by Gasteiger charge is 2.31. The average Bonchev–Trinajstić information content (AvgIpc) is 2.77. The van der Waals surface area contributed by atoms with E-state index in [1.54, 1.807) is 0 Å². The van der Waals surface area contributed by atoms with Gasteiger partial charge in [0.15, 0.2) is 0 Å². The maximum absolute atomic E-state index is 12.6. The second kappa shape index (κ2) is 5.53. The van der Waals surface area contributed by atoms with Crippen molar-refractivity contribution in [1.29, 1.82) is 0 Å². The van der Waals surface area contributed by atoms with E-state index in [2.05, 4.69) is 13.8 Å². The lowest BCUT2D eigenvalue weighted by Gasteiger charge is -2.26. The van der Waals surface area contributed by atoms with Crippen molar-refractivity contribution in [2.75, 3.05) is 13.1 Å². The summed E-state index contributed by atoms with van der Waals surface area (Å²) in [6, 6.07) is 10.2. The van der Waals surface area contributed by atoms with Crippen molar-refractivity contribution in [2.45, 2.75) is 32.2 Å². The van der Waals surface area contributed by atoms with Gasteiger partial charge in [-0.05, 0) is 17.9 Å². The molecule has 1 aromatic carbocycles. The lowest BCUT2D eigenvalue weighted by atomic mass is 9.87. The molecule has 1 saturated heterocycles. The normalized spacial score (nSPS) is 21.3. The van der Waals surface area contributed by atoms with Gasteiger partial charge in [-0.25, -0.2) is 0 Å². The summed E-state index contributed by atoms with van der Waals surface area (Å²) in [7, 11) is 0. The summed E-state index contributed by atoms with van der Waals surface area (Å²) < 4.78 is 0. The fraction of sp³-hybridized carbons (Fsp3) is 0.533. The molecule has 1 heterocycles. The van der Waals surface area contributed by atoms with Crippen LogP contribution in [-0.4, -0.2) is 29.9 Å². The molecule has 0 saturated carbocycles. The molecule has 0 aliphatic carbocycles. The lowest BCUT2D eigenvalue weighted by Crippen LogP contribution is -2.37. The smallest absolute Gasteiger partial charge is 0.230 e. The topological polar surface area (TPSA) is 46.3 Å². The van der Waals surface area contributed by atoms with E-state index < -0.39 is 0 Å². The van der Waals surface area contributed by atoms with E-state index >= 15 is 0 Å². The predicted octanol–water partition coefficient (Wildman–Crippen LogP) is 1.99. The van der Waals surface area contributed by atoms with Crippen LogP contribution in [-0.2, 0) is 4.79 Å². The fourth-order valence-corrected chi connectivity index (χ4v) is 2.66. The molecule has 2 rings (SSSR count). The van der Waals surface area contributed by atoms with E-state index in [1.807, 2.05) is 35.2 Å². The molecule has 1 amide bonds. The summed E-state index contributed by atoms with van der Waals surface area (Å²) >= 11 is 0. The minimum Gasteiger partial charge on any atom is -0.341 e. The zero-order chi connectivity index (χ0) is 13.1. The second-order valence-corrected chi connectivity index (χ2v) is 5.47. The van der Waals surface area contributed by atoms with Crippen LogP contribution in [0, 0.1) is 5.92 Å². The molecule has 1 aliphatic rings. The van der Waals surface area contributed by atoms with Crippen molar-refractivity contribution in [3.05, 3.63) is 35.9 Å². The van der Waals surface area contributed by atoms with E-state index in [4.69, 9.17) is 5.73 Å². The summed E-state index contributed by atoms with van der Waals surface area (Å²) in [4.78, 5) is 14.5. The molecule has 2 N–H and O–H groups in total. The van der Waals surface area contributed by atoms with Gasteiger partial charge in [-0.3, -0.25) is 4.79 Å². The average molecular weight is 246 g/mol. The molecule has 0 bridgehead atoms. The first kappa shape index (κ1) is 13.1. The maximum atomic E-state index is 12.6. The molecule has 0 spiro atoms. The van der Waals surface area contributed by atoms with Crippen LogP contribution in [0.4, 0.5) is 0 Å². The van der Waals surface area contributed by atoms with Gasteiger partial charge in [0.05, 0.1) is 5.92 Å². The predicted molar refractivity (Wildman–Crippen MR) is 73.2 cm³/mol. The van der Waals surface area contributed by atoms with Crippen LogP contribution in [0.5, 0.6) is 0 Å². The van der Waals surface area contributed by atoms with Gasteiger partial charge in [-0.15, -0.1) is 0 Å². The SMILES string of the molecule is CC(C)C(C(=O)N1CC[C@@H](N)C1)c1ccccc1. The molecule has 1 unspecified atom stereocenters. The van der Waals surface area contributed by atoms with Crippen molar-refractivity contribution in [3.8, 4) is 0 Å². The van der Waals surface area contributed by atoms with Gasteiger partial charge in [-0.1, -0.05) is 44.2 Å². The van der Waals surface area contributed by atoms with Crippen LogP contribution < -0.4 is 5.73 Å². The Balaban J connectivity index is 2.18. The largest absolute Gasteiger partial charge is 0.341 e. The molecular weight excluding hydrogens is 224 g/mol. The van der Waals surface area contributed by atoms with Crippen molar-refractivity contribution < 1.29 is 4.79 Å². The third kappa shape index (κ3) is 2.72. The summed E-state index contributed by atoms with van der Waals surface area (Å²) in [5, 5.41) is 0. The number of likely N-dealkylation sites (tertiary alicyclic amines) is 1. The van der Waals surface area contributed by atoms with E-state index in [0.717, 1.165) is 18.5 Å². The van der Waals surface area contributed by atoms with E-state index in [-0.39, 0.29) is 17.9 Å². The minimum atomic E-state index is -0.0449. The van der Waals surface area contributed by atoms with Crippen LogP contribution in [0.3, 0.4) is 0 Å².